The molecule has 0 aromatic carbocycles. The summed E-state index contributed by atoms with van der Waals surface area (Å²) >= 11 is 0. The highest BCUT2D eigenvalue weighted by molar-refractivity contribution is 5.75. The van der Waals surface area contributed by atoms with E-state index in [1.165, 1.54) is 6.33 Å². The molecule has 1 N–H and O–H groups in total. The number of likely N-dealkylation sites (N-methyl/N-ethyl adjacent to an activating group) is 1. The van der Waals surface area contributed by atoms with Gasteiger partial charge in [0.25, 0.3) is 0 Å². The Bertz CT molecular complexity index is 324. The Morgan fingerprint density at radius 3 is 2.71 bits per heavy atom. The van der Waals surface area contributed by atoms with E-state index in [2.05, 4.69) is 15.4 Å². The van der Waals surface area contributed by atoms with Gasteiger partial charge in [0, 0.05) is 12.5 Å². The number of hydrogen-bond donors (Lipinski definition) is 1. The molecule has 0 saturated heterocycles. The molecule has 1 heterocycles. The third-order valence-corrected chi connectivity index (χ3v) is 1.86. The summed E-state index contributed by atoms with van der Waals surface area (Å²) in [6, 6.07) is 0. The first kappa shape index (κ1) is 10.7. The minimum Gasteiger partial charge on any atom is -0.358 e. The van der Waals surface area contributed by atoms with Crippen LogP contribution in [0, 0.1) is 0 Å². The molecule has 14 heavy (non-hydrogen) atoms. The molecule has 0 saturated carbocycles. The lowest BCUT2D eigenvalue weighted by molar-refractivity contribution is -0.121. The van der Waals surface area contributed by atoms with Crippen LogP contribution in [0.5, 0.6) is 0 Å². The van der Waals surface area contributed by atoms with Gasteiger partial charge in [-0.3, -0.25) is 4.79 Å². The van der Waals surface area contributed by atoms with Crippen LogP contribution in [0.2, 0.25) is 0 Å². The van der Waals surface area contributed by atoms with E-state index < -0.39 is 0 Å². The van der Waals surface area contributed by atoms with Gasteiger partial charge >= 0.3 is 0 Å². The summed E-state index contributed by atoms with van der Waals surface area (Å²) in [5.74, 6) is 0.752. The number of hydrogen-bond acceptors (Lipinski definition) is 3. The standard InChI is InChI=1S/C9H16N4O/c1-9(2,3)8-11-6-12-13(8)5-7(14)10-4/h6H,5H2,1-4H3,(H,10,14). The zero-order valence-electron chi connectivity index (χ0n) is 9.03. The van der Waals surface area contributed by atoms with Crippen molar-refractivity contribution in [1.82, 2.24) is 20.1 Å². The maximum absolute atomic E-state index is 11.2. The second-order valence-electron chi connectivity index (χ2n) is 4.16. The quantitative estimate of drug-likeness (QED) is 0.741. The SMILES string of the molecule is CNC(=O)Cn1ncnc1C(C)(C)C. The van der Waals surface area contributed by atoms with Gasteiger partial charge in [-0.25, -0.2) is 9.67 Å². The van der Waals surface area contributed by atoms with E-state index in [0.717, 1.165) is 5.82 Å². The molecular weight excluding hydrogens is 180 g/mol. The molecule has 0 atom stereocenters. The summed E-state index contributed by atoms with van der Waals surface area (Å²) in [5, 5.41) is 6.57. The Kier molecular flexibility index (Phi) is 2.88. The lowest BCUT2D eigenvalue weighted by Gasteiger charge is -2.17. The van der Waals surface area contributed by atoms with Crippen molar-refractivity contribution in [2.75, 3.05) is 7.05 Å². The smallest absolute Gasteiger partial charge is 0.241 e. The fourth-order valence-electron chi connectivity index (χ4n) is 1.18. The third kappa shape index (κ3) is 2.31. The first-order valence-corrected chi connectivity index (χ1v) is 4.54. The molecule has 5 nitrogen and oxygen atoms in total. The summed E-state index contributed by atoms with van der Waals surface area (Å²) in [4.78, 5) is 15.3. The predicted octanol–water partition coefficient (Wildman–Crippen LogP) is 0.322. The van der Waals surface area contributed by atoms with Gasteiger partial charge in [-0.2, -0.15) is 5.10 Å². The van der Waals surface area contributed by atoms with E-state index in [1.54, 1.807) is 11.7 Å². The van der Waals surface area contributed by atoms with Crippen molar-refractivity contribution in [3.63, 3.8) is 0 Å². The Morgan fingerprint density at radius 2 is 2.21 bits per heavy atom. The fraction of sp³-hybridized carbons (Fsp3) is 0.667. The highest BCUT2D eigenvalue weighted by Crippen LogP contribution is 2.18. The van der Waals surface area contributed by atoms with Gasteiger partial charge in [0.1, 0.15) is 18.7 Å². The summed E-state index contributed by atoms with van der Waals surface area (Å²) < 4.78 is 1.62. The molecule has 1 amide bonds. The van der Waals surface area contributed by atoms with Crippen LogP contribution in [0.15, 0.2) is 6.33 Å². The zero-order chi connectivity index (χ0) is 10.8. The van der Waals surface area contributed by atoms with Crippen molar-refractivity contribution in [2.45, 2.75) is 32.7 Å². The highest BCUT2D eigenvalue weighted by atomic mass is 16.1. The van der Waals surface area contributed by atoms with Crippen LogP contribution >= 0.6 is 0 Å². The van der Waals surface area contributed by atoms with Crippen LogP contribution in [-0.2, 0) is 16.8 Å². The Morgan fingerprint density at radius 1 is 1.57 bits per heavy atom. The lowest BCUT2D eigenvalue weighted by atomic mass is 9.96. The Balaban J connectivity index is 2.88. The van der Waals surface area contributed by atoms with Crippen LogP contribution in [0.3, 0.4) is 0 Å². The van der Waals surface area contributed by atoms with Gasteiger partial charge in [0.05, 0.1) is 0 Å². The van der Waals surface area contributed by atoms with Crippen LogP contribution in [0.1, 0.15) is 26.6 Å². The fourth-order valence-corrected chi connectivity index (χ4v) is 1.18. The molecule has 0 unspecified atom stereocenters. The average molecular weight is 196 g/mol. The molecule has 0 radical (unpaired) electrons. The summed E-state index contributed by atoms with van der Waals surface area (Å²) in [7, 11) is 1.61. The predicted molar refractivity (Wildman–Crippen MR) is 52.8 cm³/mol. The van der Waals surface area contributed by atoms with Crippen molar-refractivity contribution in [3.05, 3.63) is 12.2 Å². The second kappa shape index (κ2) is 3.77. The highest BCUT2D eigenvalue weighted by Gasteiger charge is 2.21. The monoisotopic (exact) mass is 196 g/mol. The molecule has 0 fully saturated rings. The van der Waals surface area contributed by atoms with Crippen LogP contribution in [0.25, 0.3) is 0 Å². The van der Waals surface area contributed by atoms with Crippen molar-refractivity contribution in [1.29, 1.82) is 0 Å². The normalized spacial score (nSPS) is 11.4. The summed E-state index contributed by atoms with van der Waals surface area (Å²) in [5.41, 5.74) is -0.0927. The molecule has 1 rings (SSSR count). The molecule has 0 aliphatic carbocycles. The van der Waals surface area contributed by atoms with Gasteiger partial charge in [0.15, 0.2) is 0 Å². The number of carbonyl (C=O) groups is 1. The van der Waals surface area contributed by atoms with Gasteiger partial charge in [0.2, 0.25) is 5.91 Å². The molecule has 0 aliphatic rings. The van der Waals surface area contributed by atoms with E-state index in [9.17, 15) is 4.79 Å². The number of rotatable bonds is 2. The van der Waals surface area contributed by atoms with Crippen LogP contribution in [0.4, 0.5) is 0 Å². The first-order chi connectivity index (χ1) is 6.45. The Hall–Kier alpha value is -1.39. The molecule has 1 aromatic heterocycles. The van der Waals surface area contributed by atoms with E-state index in [-0.39, 0.29) is 17.9 Å². The number of nitrogens with one attached hydrogen (secondary N) is 1. The maximum Gasteiger partial charge on any atom is 0.241 e. The van der Waals surface area contributed by atoms with Crippen molar-refractivity contribution >= 4 is 5.91 Å². The molecule has 0 spiro atoms. The van der Waals surface area contributed by atoms with Gasteiger partial charge in [-0.1, -0.05) is 20.8 Å². The molecule has 5 heteroatoms. The lowest BCUT2D eigenvalue weighted by Crippen LogP contribution is -2.28. The summed E-state index contributed by atoms with van der Waals surface area (Å²) in [6.45, 7) is 6.34. The van der Waals surface area contributed by atoms with E-state index in [0.29, 0.717) is 0 Å². The van der Waals surface area contributed by atoms with Crippen molar-refractivity contribution in [3.8, 4) is 0 Å². The molecular formula is C9H16N4O. The molecule has 1 aromatic rings. The maximum atomic E-state index is 11.2. The largest absolute Gasteiger partial charge is 0.358 e. The number of carbonyl (C=O) groups excluding carboxylic acids is 1. The van der Waals surface area contributed by atoms with E-state index in [4.69, 9.17) is 0 Å². The van der Waals surface area contributed by atoms with Crippen LogP contribution in [-0.4, -0.2) is 27.7 Å². The Labute approximate surface area is 83.5 Å². The minimum absolute atomic E-state index is 0.0685. The minimum atomic E-state index is -0.0927. The van der Waals surface area contributed by atoms with E-state index in [1.807, 2.05) is 20.8 Å². The molecule has 0 bridgehead atoms. The van der Waals surface area contributed by atoms with Crippen molar-refractivity contribution < 1.29 is 4.79 Å². The number of nitrogens with zero attached hydrogens (tertiary/aromatic N) is 3. The average Bonchev–Trinajstić information content (AvgIpc) is 2.51. The number of amides is 1. The number of aromatic nitrogens is 3. The first-order valence-electron chi connectivity index (χ1n) is 4.54. The van der Waals surface area contributed by atoms with Crippen molar-refractivity contribution in [2.24, 2.45) is 0 Å². The topological polar surface area (TPSA) is 59.8 Å². The third-order valence-electron chi connectivity index (χ3n) is 1.86. The summed E-state index contributed by atoms with van der Waals surface area (Å²) in [6.07, 6.45) is 1.48. The van der Waals surface area contributed by atoms with E-state index >= 15 is 0 Å². The van der Waals surface area contributed by atoms with Gasteiger partial charge < -0.3 is 5.32 Å². The van der Waals surface area contributed by atoms with Gasteiger partial charge in [-0.15, -0.1) is 0 Å². The second-order valence-corrected chi connectivity index (χ2v) is 4.16. The molecule has 78 valence electrons. The van der Waals surface area contributed by atoms with Gasteiger partial charge in [-0.05, 0) is 0 Å². The zero-order valence-corrected chi connectivity index (χ0v) is 9.03. The molecule has 0 aliphatic heterocycles. The van der Waals surface area contributed by atoms with Crippen LogP contribution < -0.4 is 5.32 Å².